The normalized spacial score (nSPS) is 14.1. The molecular formula is C22H18N4O4S2. The van der Waals surface area contributed by atoms with Gasteiger partial charge in [0, 0.05) is 18.3 Å². The molecule has 0 fully saturated rings. The van der Waals surface area contributed by atoms with Gasteiger partial charge < -0.3 is 14.4 Å². The molecule has 1 aromatic heterocycles. The molecule has 2 aromatic carbocycles. The molecule has 8 nitrogen and oxygen atoms in total. The largest absolute Gasteiger partial charge is 0.454 e. The summed E-state index contributed by atoms with van der Waals surface area (Å²) in [5.41, 5.74) is 3.00. The van der Waals surface area contributed by atoms with Crippen LogP contribution in [0.3, 0.4) is 0 Å². The van der Waals surface area contributed by atoms with Gasteiger partial charge in [-0.3, -0.25) is 14.9 Å². The van der Waals surface area contributed by atoms with Crippen LogP contribution in [-0.2, 0) is 16.0 Å². The topological polar surface area (TPSA) is 93.6 Å². The third-order valence-electron chi connectivity index (χ3n) is 4.97. The van der Waals surface area contributed by atoms with Crippen LogP contribution < -0.4 is 19.7 Å². The highest BCUT2D eigenvalue weighted by atomic mass is 32.2. The van der Waals surface area contributed by atoms with E-state index < -0.39 is 0 Å². The van der Waals surface area contributed by atoms with Gasteiger partial charge in [-0.05, 0) is 41.8 Å². The summed E-state index contributed by atoms with van der Waals surface area (Å²) in [5, 5.41) is 11.1. The van der Waals surface area contributed by atoms with Gasteiger partial charge in [0.05, 0.1) is 5.75 Å². The molecule has 0 saturated heterocycles. The van der Waals surface area contributed by atoms with Crippen LogP contribution in [0.2, 0.25) is 0 Å². The number of hydrogen-bond donors (Lipinski definition) is 1. The smallest absolute Gasteiger partial charge is 0.250 e. The number of rotatable bonds is 6. The molecular weight excluding hydrogens is 448 g/mol. The fraction of sp³-hybridized carbons (Fsp3) is 0.182. The molecule has 0 spiro atoms. The van der Waals surface area contributed by atoms with Crippen molar-refractivity contribution in [2.45, 2.75) is 10.8 Å². The maximum absolute atomic E-state index is 12.6. The molecule has 0 radical (unpaired) electrons. The molecule has 0 unspecified atom stereocenters. The molecule has 5 rings (SSSR count). The first-order chi connectivity index (χ1) is 15.7. The quantitative estimate of drug-likeness (QED) is 0.337. The van der Waals surface area contributed by atoms with E-state index in [2.05, 4.69) is 21.6 Å². The number of anilines is 2. The zero-order valence-corrected chi connectivity index (χ0v) is 18.4. The highest BCUT2D eigenvalue weighted by Crippen LogP contribution is 2.33. The molecule has 0 bridgehead atoms. The first-order valence-electron chi connectivity index (χ1n) is 9.89. The second-order valence-corrected chi connectivity index (χ2v) is 9.22. The van der Waals surface area contributed by atoms with E-state index in [1.807, 2.05) is 35.2 Å². The zero-order valence-electron chi connectivity index (χ0n) is 16.8. The first-order valence-corrected chi connectivity index (χ1v) is 11.7. The molecule has 2 amide bonds. The van der Waals surface area contributed by atoms with Crippen molar-refractivity contribution in [3.8, 4) is 11.5 Å². The second-order valence-electron chi connectivity index (χ2n) is 7.02. The third-order valence-corrected chi connectivity index (χ3v) is 6.92. The Morgan fingerprint density at radius 3 is 2.97 bits per heavy atom. The molecule has 162 valence electrons. The van der Waals surface area contributed by atoms with E-state index >= 15 is 0 Å². The highest BCUT2D eigenvalue weighted by molar-refractivity contribution is 8.01. The first kappa shape index (κ1) is 20.5. The molecule has 10 heteroatoms. The Balaban J connectivity index is 1.13. The van der Waals surface area contributed by atoms with Crippen molar-refractivity contribution < 1.29 is 19.1 Å². The molecule has 1 N–H and O–H groups in total. The molecule has 0 saturated carbocycles. The number of nitrogens with zero attached hydrogens (tertiary/aromatic N) is 3. The van der Waals surface area contributed by atoms with Crippen LogP contribution in [-0.4, -0.2) is 41.1 Å². The van der Waals surface area contributed by atoms with Crippen LogP contribution in [0.1, 0.15) is 11.1 Å². The fourth-order valence-electron chi connectivity index (χ4n) is 3.45. The van der Waals surface area contributed by atoms with Crippen molar-refractivity contribution in [1.82, 2.24) is 10.2 Å². The van der Waals surface area contributed by atoms with Crippen LogP contribution in [0.15, 0.2) is 52.9 Å². The van der Waals surface area contributed by atoms with Gasteiger partial charge in [-0.1, -0.05) is 47.4 Å². The maximum Gasteiger partial charge on any atom is 0.250 e. The number of thioether (sulfide) groups is 1. The Kier molecular flexibility index (Phi) is 5.78. The van der Waals surface area contributed by atoms with E-state index in [0.717, 1.165) is 17.7 Å². The minimum absolute atomic E-state index is 0.0346. The van der Waals surface area contributed by atoms with E-state index in [-0.39, 0.29) is 24.4 Å². The van der Waals surface area contributed by atoms with Crippen LogP contribution in [0.25, 0.3) is 6.08 Å². The summed E-state index contributed by atoms with van der Waals surface area (Å²) in [5.74, 6) is 1.33. The number of nitrogens with one attached hydrogen (secondary N) is 1. The van der Waals surface area contributed by atoms with Gasteiger partial charge in [0.15, 0.2) is 15.8 Å². The van der Waals surface area contributed by atoms with Gasteiger partial charge in [0.25, 0.3) is 0 Å². The van der Waals surface area contributed by atoms with Gasteiger partial charge in [0.2, 0.25) is 23.7 Å². The van der Waals surface area contributed by atoms with Gasteiger partial charge >= 0.3 is 0 Å². The second kappa shape index (κ2) is 9.01. The monoisotopic (exact) mass is 466 g/mol. The van der Waals surface area contributed by atoms with Crippen molar-refractivity contribution in [2.24, 2.45) is 0 Å². The maximum atomic E-state index is 12.6. The number of carbonyl (C=O) groups excluding carboxylic acids is 2. The SMILES string of the molecule is O=C(C=Cc1ccc2c(c1)OCO2)Nc1nnc(SCC(=O)N2CCc3ccccc32)s1. The lowest BCUT2D eigenvalue weighted by molar-refractivity contribution is -0.116. The van der Waals surface area contributed by atoms with E-state index in [1.54, 1.807) is 12.1 Å². The summed E-state index contributed by atoms with van der Waals surface area (Å²) in [7, 11) is 0. The van der Waals surface area contributed by atoms with Crippen molar-refractivity contribution in [3.63, 3.8) is 0 Å². The van der Waals surface area contributed by atoms with Gasteiger partial charge in [-0.15, -0.1) is 10.2 Å². The number of benzene rings is 2. The molecule has 0 atom stereocenters. The van der Waals surface area contributed by atoms with Crippen LogP contribution >= 0.6 is 23.1 Å². The summed E-state index contributed by atoms with van der Waals surface area (Å²) in [6.07, 6.45) is 3.97. The summed E-state index contributed by atoms with van der Waals surface area (Å²) >= 11 is 2.56. The fourth-order valence-corrected chi connectivity index (χ4v) is 5.08. The number of ether oxygens (including phenoxy) is 2. The van der Waals surface area contributed by atoms with Crippen LogP contribution in [0, 0.1) is 0 Å². The summed E-state index contributed by atoms with van der Waals surface area (Å²) in [6.45, 7) is 0.906. The van der Waals surface area contributed by atoms with Crippen LogP contribution in [0.4, 0.5) is 10.8 Å². The van der Waals surface area contributed by atoms with Crippen molar-refractivity contribution in [3.05, 3.63) is 59.7 Å². The number of carbonyl (C=O) groups is 2. The van der Waals surface area contributed by atoms with Crippen molar-refractivity contribution in [1.29, 1.82) is 0 Å². The Morgan fingerprint density at radius 2 is 2.03 bits per heavy atom. The average molecular weight is 467 g/mol. The average Bonchev–Trinajstić information content (AvgIpc) is 3.55. The Labute approximate surface area is 192 Å². The molecule has 3 heterocycles. The van der Waals surface area contributed by atoms with Gasteiger partial charge in [0.1, 0.15) is 0 Å². The van der Waals surface area contributed by atoms with Gasteiger partial charge in [-0.2, -0.15) is 0 Å². The summed E-state index contributed by atoms with van der Waals surface area (Å²) in [6, 6.07) is 13.4. The third kappa shape index (κ3) is 4.46. The molecule has 2 aliphatic rings. The molecule has 3 aromatic rings. The number of hydrogen-bond acceptors (Lipinski definition) is 8. The van der Waals surface area contributed by atoms with Crippen molar-refractivity contribution >= 4 is 51.8 Å². The predicted octanol–water partition coefficient (Wildman–Crippen LogP) is 3.60. The minimum Gasteiger partial charge on any atom is -0.454 e. The Morgan fingerprint density at radius 1 is 1.16 bits per heavy atom. The number of fused-ring (bicyclic) bond motifs is 2. The van der Waals surface area contributed by atoms with Crippen LogP contribution in [0.5, 0.6) is 11.5 Å². The number of aromatic nitrogens is 2. The minimum atomic E-state index is -0.319. The summed E-state index contributed by atoms with van der Waals surface area (Å²) in [4.78, 5) is 26.6. The van der Waals surface area contributed by atoms with E-state index in [0.29, 0.717) is 27.5 Å². The number of amides is 2. The standard InChI is InChI=1S/C22H18N4O4S2/c27-19(8-6-14-5-7-17-18(11-14)30-13-29-17)23-21-24-25-22(32-21)31-12-20(28)26-10-9-15-3-1-2-4-16(15)26/h1-8,11H,9-10,12-13H2,(H,23,24,27). The van der Waals surface area contributed by atoms with Crippen molar-refractivity contribution in [2.75, 3.05) is 29.3 Å². The highest BCUT2D eigenvalue weighted by Gasteiger charge is 2.24. The zero-order chi connectivity index (χ0) is 21.9. The Bertz CT molecular complexity index is 1210. The van der Waals surface area contributed by atoms with E-state index in [9.17, 15) is 9.59 Å². The molecule has 0 aliphatic carbocycles. The predicted molar refractivity (Wildman–Crippen MR) is 123 cm³/mol. The lowest BCUT2D eigenvalue weighted by atomic mass is 10.2. The van der Waals surface area contributed by atoms with Gasteiger partial charge in [-0.25, -0.2) is 0 Å². The molecule has 32 heavy (non-hydrogen) atoms. The van der Waals surface area contributed by atoms with E-state index in [1.165, 1.54) is 34.7 Å². The number of para-hydroxylation sites is 1. The lowest BCUT2D eigenvalue weighted by Crippen LogP contribution is -2.30. The summed E-state index contributed by atoms with van der Waals surface area (Å²) < 4.78 is 11.2. The lowest BCUT2D eigenvalue weighted by Gasteiger charge is -2.16. The Hall–Kier alpha value is -3.37. The van der Waals surface area contributed by atoms with E-state index in [4.69, 9.17) is 9.47 Å². The molecule has 2 aliphatic heterocycles.